The highest BCUT2D eigenvalue weighted by molar-refractivity contribution is 5.79. The lowest BCUT2D eigenvalue weighted by molar-refractivity contribution is -0.129. The fourth-order valence-electron chi connectivity index (χ4n) is 5.12. The number of nitrogens with zero attached hydrogens (tertiary/aromatic N) is 3. The van der Waals surface area contributed by atoms with Gasteiger partial charge in [-0.25, -0.2) is 9.37 Å². The van der Waals surface area contributed by atoms with E-state index in [4.69, 9.17) is 4.98 Å². The lowest BCUT2D eigenvalue weighted by Gasteiger charge is -2.46. The molecule has 1 amide bonds. The van der Waals surface area contributed by atoms with Crippen molar-refractivity contribution in [2.75, 3.05) is 18.0 Å². The molecule has 0 N–H and O–H groups in total. The summed E-state index contributed by atoms with van der Waals surface area (Å²) in [5.41, 5.74) is 4.29. The number of amides is 1. The van der Waals surface area contributed by atoms with Crippen molar-refractivity contribution in [2.45, 2.75) is 44.7 Å². The molecule has 3 aromatic rings. The van der Waals surface area contributed by atoms with Crippen molar-refractivity contribution in [3.8, 4) is 0 Å². The van der Waals surface area contributed by atoms with E-state index in [0.29, 0.717) is 13.0 Å². The van der Waals surface area contributed by atoms with Crippen molar-refractivity contribution < 1.29 is 9.18 Å². The van der Waals surface area contributed by atoms with E-state index < -0.39 is 0 Å². The van der Waals surface area contributed by atoms with Gasteiger partial charge >= 0.3 is 0 Å². The lowest BCUT2D eigenvalue weighted by Crippen LogP contribution is -2.54. The fourth-order valence-corrected chi connectivity index (χ4v) is 5.12. The Bertz CT molecular complexity index is 1120. The maximum absolute atomic E-state index is 13.2. The van der Waals surface area contributed by atoms with Gasteiger partial charge in [0, 0.05) is 25.3 Å². The molecule has 1 spiro atoms. The molecule has 0 bridgehead atoms. The molecule has 2 aliphatic heterocycles. The number of fused-ring (bicyclic) bond motifs is 1. The van der Waals surface area contributed by atoms with E-state index in [1.165, 1.54) is 23.3 Å². The molecule has 5 rings (SSSR count). The quantitative estimate of drug-likeness (QED) is 0.603. The smallest absolute Gasteiger partial charge is 0.227 e. The van der Waals surface area contributed by atoms with Crippen LogP contribution in [0.5, 0.6) is 0 Å². The zero-order valence-electron chi connectivity index (χ0n) is 18.4. The van der Waals surface area contributed by atoms with Gasteiger partial charge in [-0.05, 0) is 61.1 Å². The van der Waals surface area contributed by atoms with Gasteiger partial charge < -0.3 is 9.80 Å². The molecule has 5 heteroatoms. The largest absolute Gasteiger partial charge is 0.345 e. The normalized spacial score (nSPS) is 19.9. The van der Waals surface area contributed by atoms with Crippen LogP contribution in [0, 0.1) is 12.7 Å². The number of benzene rings is 2. The molecule has 32 heavy (non-hydrogen) atoms. The van der Waals surface area contributed by atoms with Crippen molar-refractivity contribution >= 4 is 11.7 Å². The molecule has 3 heterocycles. The van der Waals surface area contributed by atoms with Crippen LogP contribution in [-0.4, -0.2) is 34.4 Å². The molecule has 1 unspecified atom stereocenters. The van der Waals surface area contributed by atoms with Crippen LogP contribution in [0.1, 0.15) is 35.2 Å². The number of carbonyl (C=O) groups is 1. The SMILES string of the molecule is Cc1ccc2c(n1)N(Cc1ccccc1)C1(CC2)CCN(C(=O)Cc2ccc(F)cc2)C1. The summed E-state index contributed by atoms with van der Waals surface area (Å²) in [5.74, 6) is 0.894. The molecule has 1 atom stereocenters. The number of hydrogen-bond donors (Lipinski definition) is 0. The number of aryl methyl sites for hydroxylation is 2. The Balaban J connectivity index is 1.41. The Labute approximate surface area is 188 Å². The first-order valence-electron chi connectivity index (χ1n) is 11.3. The number of halogens is 1. The highest BCUT2D eigenvalue weighted by Crippen LogP contribution is 2.42. The standard InChI is InChI=1S/C27H28FN3O/c1-20-7-10-23-13-14-27(31(26(23)29-20)18-22-5-3-2-4-6-22)15-16-30(19-27)25(32)17-21-8-11-24(28)12-9-21/h2-12H,13-19H2,1H3. The van der Waals surface area contributed by atoms with Crippen molar-refractivity contribution in [2.24, 2.45) is 0 Å². The molecule has 1 aromatic heterocycles. The summed E-state index contributed by atoms with van der Waals surface area (Å²) < 4.78 is 13.2. The third-order valence-electron chi connectivity index (χ3n) is 6.92. The minimum atomic E-state index is -0.276. The van der Waals surface area contributed by atoms with E-state index in [9.17, 15) is 9.18 Å². The summed E-state index contributed by atoms with van der Waals surface area (Å²) in [5, 5.41) is 0. The van der Waals surface area contributed by atoms with Crippen LogP contribution >= 0.6 is 0 Å². The van der Waals surface area contributed by atoms with Crippen molar-refractivity contribution in [3.05, 3.63) is 94.9 Å². The van der Waals surface area contributed by atoms with E-state index >= 15 is 0 Å². The zero-order chi connectivity index (χ0) is 22.1. The summed E-state index contributed by atoms with van der Waals surface area (Å²) in [7, 11) is 0. The predicted octanol–water partition coefficient (Wildman–Crippen LogP) is 4.70. The summed E-state index contributed by atoms with van der Waals surface area (Å²) in [4.78, 5) is 22.5. The van der Waals surface area contributed by atoms with Gasteiger partial charge in [0.2, 0.25) is 5.91 Å². The van der Waals surface area contributed by atoms with Gasteiger partial charge in [-0.15, -0.1) is 0 Å². The zero-order valence-corrected chi connectivity index (χ0v) is 18.4. The minimum absolute atomic E-state index is 0.108. The van der Waals surface area contributed by atoms with Crippen LogP contribution in [0.4, 0.5) is 10.2 Å². The number of rotatable bonds is 4. The van der Waals surface area contributed by atoms with Crippen LogP contribution in [0.15, 0.2) is 66.7 Å². The van der Waals surface area contributed by atoms with Gasteiger partial charge in [-0.1, -0.05) is 48.5 Å². The van der Waals surface area contributed by atoms with Gasteiger partial charge in [0.1, 0.15) is 11.6 Å². The van der Waals surface area contributed by atoms with Crippen LogP contribution in [0.2, 0.25) is 0 Å². The van der Waals surface area contributed by atoms with Crippen LogP contribution in [0.3, 0.4) is 0 Å². The molecule has 0 saturated carbocycles. The number of pyridine rings is 1. The number of likely N-dealkylation sites (tertiary alicyclic amines) is 1. The molecular formula is C27H28FN3O. The van der Waals surface area contributed by atoms with Crippen LogP contribution < -0.4 is 4.90 Å². The lowest BCUT2D eigenvalue weighted by atomic mass is 9.84. The number of carbonyl (C=O) groups excluding carboxylic acids is 1. The van der Waals surface area contributed by atoms with Crippen molar-refractivity contribution in [1.29, 1.82) is 0 Å². The van der Waals surface area contributed by atoms with E-state index in [0.717, 1.165) is 49.4 Å². The molecule has 0 aliphatic carbocycles. The molecule has 2 aliphatic rings. The summed E-state index contributed by atoms with van der Waals surface area (Å²) >= 11 is 0. The van der Waals surface area contributed by atoms with Gasteiger partial charge in [0.05, 0.1) is 12.0 Å². The van der Waals surface area contributed by atoms with E-state index in [-0.39, 0.29) is 17.3 Å². The van der Waals surface area contributed by atoms with Gasteiger partial charge in [-0.2, -0.15) is 0 Å². The first-order chi connectivity index (χ1) is 15.5. The topological polar surface area (TPSA) is 36.4 Å². The maximum atomic E-state index is 13.2. The second-order valence-corrected chi connectivity index (χ2v) is 9.10. The number of hydrogen-bond acceptors (Lipinski definition) is 3. The van der Waals surface area contributed by atoms with Crippen molar-refractivity contribution in [3.63, 3.8) is 0 Å². The highest BCUT2D eigenvalue weighted by Gasteiger charge is 2.47. The Morgan fingerprint density at radius 1 is 1.00 bits per heavy atom. The third-order valence-corrected chi connectivity index (χ3v) is 6.92. The number of anilines is 1. The van der Waals surface area contributed by atoms with E-state index in [1.807, 2.05) is 17.9 Å². The predicted molar refractivity (Wildman–Crippen MR) is 124 cm³/mol. The maximum Gasteiger partial charge on any atom is 0.227 e. The molecule has 1 fully saturated rings. The third kappa shape index (κ3) is 3.99. The molecule has 164 valence electrons. The molecule has 1 saturated heterocycles. The highest BCUT2D eigenvalue weighted by atomic mass is 19.1. The monoisotopic (exact) mass is 429 g/mol. The Hall–Kier alpha value is -3.21. The first-order valence-corrected chi connectivity index (χ1v) is 11.3. The van der Waals surface area contributed by atoms with E-state index in [2.05, 4.69) is 41.3 Å². The van der Waals surface area contributed by atoms with E-state index in [1.54, 1.807) is 12.1 Å². The second-order valence-electron chi connectivity index (χ2n) is 9.10. The molecule has 4 nitrogen and oxygen atoms in total. The number of aromatic nitrogens is 1. The summed E-state index contributed by atoms with van der Waals surface area (Å²) in [6, 6.07) is 21.0. The molecule has 0 radical (unpaired) electrons. The molecular weight excluding hydrogens is 401 g/mol. The average molecular weight is 430 g/mol. The first kappa shape index (κ1) is 20.7. The summed E-state index contributed by atoms with van der Waals surface area (Å²) in [6.07, 6.45) is 3.23. The second kappa shape index (κ2) is 8.38. The average Bonchev–Trinajstić information content (AvgIpc) is 3.23. The van der Waals surface area contributed by atoms with Crippen LogP contribution in [-0.2, 0) is 24.2 Å². The minimum Gasteiger partial charge on any atom is -0.345 e. The van der Waals surface area contributed by atoms with Crippen LogP contribution in [0.25, 0.3) is 0 Å². The van der Waals surface area contributed by atoms with Crippen molar-refractivity contribution in [1.82, 2.24) is 9.88 Å². The van der Waals surface area contributed by atoms with Gasteiger partial charge in [0.15, 0.2) is 0 Å². The Morgan fingerprint density at radius 3 is 2.56 bits per heavy atom. The van der Waals surface area contributed by atoms with Gasteiger partial charge in [0.25, 0.3) is 0 Å². The molecule has 2 aromatic carbocycles. The van der Waals surface area contributed by atoms with Gasteiger partial charge in [-0.3, -0.25) is 4.79 Å². The Morgan fingerprint density at radius 2 is 1.78 bits per heavy atom. The Kier molecular flexibility index (Phi) is 5.41. The summed E-state index contributed by atoms with van der Waals surface area (Å²) in [6.45, 7) is 4.26. The fraction of sp³-hybridized carbons (Fsp3) is 0.333.